The monoisotopic (exact) mass is 604 g/mol. The summed E-state index contributed by atoms with van der Waals surface area (Å²) in [5, 5.41) is 2.88. The Morgan fingerprint density at radius 1 is 1.02 bits per heavy atom. The highest BCUT2D eigenvalue weighted by Gasteiger charge is 2.35. The van der Waals surface area contributed by atoms with Crippen molar-refractivity contribution < 1.29 is 22.7 Å². The molecule has 43 heavy (non-hydrogen) atoms. The summed E-state index contributed by atoms with van der Waals surface area (Å²) in [6, 6.07) is 19.1. The predicted molar refractivity (Wildman–Crippen MR) is 168 cm³/mol. The second kappa shape index (κ2) is 13.3. The highest BCUT2D eigenvalue weighted by molar-refractivity contribution is 7.89. The summed E-state index contributed by atoms with van der Waals surface area (Å²) in [5.41, 5.74) is 5.27. The normalized spacial score (nSPS) is 16.0. The van der Waals surface area contributed by atoms with Crippen LogP contribution in [0, 0.1) is 13.8 Å². The summed E-state index contributed by atoms with van der Waals surface area (Å²) in [7, 11) is -0.133. The van der Waals surface area contributed by atoms with Crippen LogP contribution in [0.15, 0.2) is 65.6 Å². The number of nitrogens with one attached hydrogen (secondary N) is 1. The minimum absolute atomic E-state index is 0.153. The number of hydrogen-bond donors (Lipinski definition) is 1. The number of aryl methyl sites for hydroxylation is 5. The van der Waals surface area contributed by atoms with Crippen LogP contribution < -0.4 is 10.1 Å². The highest BCUT2D eigenvalue weighted by Crippen LogP contribution is 2.32. The van der Waals surface area contributed by atoms with Crippen LogP contribution in [0.4, 0.5) is 5.69 Å². The van der Waals surface area contributed by atoms with E-state index in [1.165, 1.54) is 0 Å². The molecule has 1 fully saturated rings. The fourth-order valence-corrected chi connectivity index (χ4v) is 8.02. The molecule has 4 aromatic rings. The Morgan fingerprint density at radius 2 is 1.74 bits per heavy atom. The summed E-state index contributed by atoms with van der Waals surface area (Å²) < 4.78 is 42.2. The first-order valence-electron chi connectivity index (χ1n) is 14.7. The number of ether oxygens (including phenoxy) is 2. The van der Waals surface area contributed by atoms with Crippen LogP contribution in [0.3, 0.4) is 0 Å². The van der Waals surface area contributed by atoms with Crippen molar-refractivity contribution in [1.82, 2.24) is 13.9 Å². The van der Waals surface area contributed by atoms with Crippen LogP contribution in [0.2, 0.25) is 0 Å². The molecule has 1 aliphatic heterocycles. The Balaban J connectivity index is 1.13. The van der Waals surface area contributed by atoms with Gasteiger partial charge in [0.25, 0.3) is 0 Å². The van der Waals surface area contributed by atoms with E-state index in [0.29, 0.717) is 40.4 Å². The van der Waals surface area contributed by atoms with Gasteiger partial charge in [0.15, 0.2) is 0 Å². The molecule has 1 atom stereocenters. The lowest BCUT2D eigenvalue weighted by atomic mass is 10.1. The number of benzene rings is 3. The molecule has 1 aromatic heterocycles. The molecule has 0 saturated carbocycles. The topological polar surface area (TPSA) is 103 Å². The minimum atomic E-state index is -3.74. The Bertz CT molecular complexity index is 1680. The summed E-state index contributed by atoms with van der Waals surface area (Å²) >= 11 is 0. The third kappa shape index (κ3) is 6.92. The van der Waals surface area contributed by atoms with Gasteiger partial charge in [-0.3, -0.25) is 4.79 Å². The van der Waals surface area contributed by atoms with E-state index in [9.17, 15) is 13.2 Å². The van der Waals surface area contributed by atoms with Crippen LogP contribution in [0.1, 0.15) is 41.8 Å². The predicted octanol–water partition coefficient (Wildman–Crippen LogP) is 5.18. The molecule has 1 aliphatic rings. The Morgan fingerprint density at radius 3 is 2.44 bits per heavy atom. The van der Waals surface area contributed by atoms with Gasteiger partial charge in [-0.05, 0) is 86.2 Å². The lowest BCUT2D eigenvalue weighted by Crippen LogP contribution is -2.46. The van der Waals surface area contributed by atoms with Crippen molar-refractivity contribution in [3.05, 3.63) is 83.2 Å². The van der Waals surface area contributed by atoms with Gasteiger partial charge in [-0.25, -0.2) is 13.4 Å². The number of imidazole rings is 1. The number of nitrogens with zero attached hydrogens (tertiary/aromatic N) is 3. The number of rotatable bonds is 11. The molecule has 10 heteroatoms. The number of carbonyl (C=O) groups is 1. The fraction of sp³-hybridized carbons (Fsp3) is 0.394. The van der Waals surface area contributed by atoms with Crippen LogP contribution in [0.25, 0.3) is 11.0 Å². The number of sulfonamides is 1. The van der Waals surface area contributed by atoms with Crippen LogP contribution >= 0.6 is 0 Å². The van der Waals surface area contributed by atoms with Gasteiger partial charge in [-0.1, -0.05) is 30.7 Å². The van der Waals surface area contributed by atoms with E-state index in [1.807, 2.05) is 49.5 Å². The average Bonchev–Trinajstić information content (AvgIpc) is 3.31. The zero-order valence-electron chi connectivity index (χ0n) is 25.3. The summed E-state index contributed by atoms with van der Waals surface area (Å²) in [6.07, 6.45) is 4.04. The molecular formula is C33H40N4O5S. The highest BCUT2D eigenvalue weighted by atomic mass is 32.2. The molecule has 1 saturated heterocycles. The zero-order chi connectivity index (χ0) is 30.6. The number of piperidine rings is 1. The standard InChI is InChI=1S/C33H40N4O5S/c1-23-19-28(41-4)20-24(2)33(23)43(39,40)37-18-8-7-9-27(37)21-42-22-32(38)34-26-15-12-25(13-16-26)14-17-31-35-29-10-5-6-11-30(29)36(31)3/h5-6,10-13,15-16,19-20,27H,7-9,14,17-18,21-22H2,1-4H3,(H,34,38). The van der Waals surface area contributed by atoms with E-state index >= 15 is 0 Å². The minimum Gasteiger partial charge on any atom is -0.497 e. The maximum absolute atomic E-state index is 13.7. The average molecular weight is 605 g/mol. The van der Waals surface area contributed by atoms with E-state index in [2.05, 4.69) is 16.0 Å². The first kappa shape index (κ1) is 30.7. The lowest BCUT2D eigenvalue weighted by Gasteiger charge is -2.35. The van der Waals surface area contributed by atoms with Gasteiger partial charge in [0.2, 0.25) is 15.9 Å². The Labute approximate surface area is 253 Å². The quantitative estimate of drug-likeness (QED) is 0.253. The van der Waals surface area contributed by atoms with E-state index < -0.39 is 10.0 Å². The molecule has 1 N–H and O–H groups in total. The summed E-state index contributed by atoms with van der Waals surface area (Å²) in [6.45, 7) is 4.01. The van der Waals surface area contributed by atoms with Crippen molar-refractivity contribution in [1.29, 1.82) is 0 Å². The van der Waals surface area contributed by atoms with Gasteiger partial charge in [0, 0.05) is 31.7 Å². The molecule has 1 unspecified atom stereocenters. The van der Waals surface area contributed by atoms with Crippen molar-refractivity contribution in [2.75, 3.05) is 32.2 Å². The zero-order valence-corrected chi connectivity index (χ0v) is 26.1. The molecular weight excluding hydrogens is 564 g/mol. The van der Waals surface area contributed by atoms with Crippen molar-refractivity contribution in [3.8, 4) is 5.75 Å². The van der Waals surface area contributed by atoms with Crippen molar-refractivity contribution >= 4 is 32.7 Å². The van der Waals surface area contributed by atoms with E-state index in [-0.39, 0.29) is 25.2 Å². The molecule has 0 spiro atoms. The number of aromatic nitrogens is 2. The molecule has 228 valence electrons. The second-order valence-electron chi connectivity index (χ2n) is 11.2. The van der Waals surface area contributed by atoms with Crippen LogP contribution in [-0.2, 0) is 39.4 Å². The molecule has 3 aromatic carbocycles. The maximum atomic E-state index is 13.7. The number of hydrogen-bond acceptors (Lipinski definition) is 6. The van der Waals surface area contributed by atoms with Crippen molar-refractivity contribution in [3.63, 3.8) is 0 Å². The van der Waals surface area contributed by atoms with Crippen molar-refractivity contribution in [2.45, 2.75) is 56.9 Å². The van der Waals surface area contributed by atoms with E-state index in [4.69, 9.17) is 14.5 Å². The van der Waals surface area contributed by atoms with Gasteiger partial charge >= 0.3 is 0 Å². The number of para-hydroxylation sites is 2. The largest absolute Gasteiger partial charge is 0.497 e. The molecule has 5 rings (SSSR count). The molecule has 0 radical (unpaired) electrons. The molecule has 0 aliphatic carbocycles. The summed E-state index contributed by atoms with van der Waals surface area (Å²) in [5.74, 6) is 1.39. The van der Waals surface area contributed by atoms with Crippen LogP contribution in [-0.4, -0.2) is 61.1 Å². The van der Waals surface area contributed by atoms with E-state index in [0.717, 1.165) is 48.1 Å². The van der Waals surface area contributed by atoms with Gasteiger partial charge in [0.05, 0.1) is 29.6 Å². The molecule has 1 amide bonds. The molecule has 0 bridgehead atoms. The number of anilines is 1. The van der Waals surface area contributed by atoms with Gasteiger partial charge in [-0.15, -0.1) is 0 Å². The third-order valence-corrected chi connectivity index (χ3v) is 10.4. The molecule has 9 nitrogen and oxygen atoms in total. The Hall–Kier alpha value is -3.73. The van der Waals surface area contributed by atoms with Gasteiger partial charge in [-0.2, -0.15) is 4.31 Å². The number of carbonyl (C=O) groups excluding carboxylic acids is 1. The third-order valence-electron chi connectivity index (χ3n) is 8.11. The first-order valence-corrected chi connectivity index (χ1v) is 16.2. The smallest absolute Gasteiger partial charge is 0.250 e. The van der Waals surface area contributed by atoms with Gasteiger partial charge in [0.1, 0.15) is 18.2 Å². The fourth-order valence-electron chi connectivity index (χ4n) is 5.92. The Kier molecular flexibility index (Phi) is 9.49. The number of fused-ring (bicyclic) bond motifs is 1. The lowest BCUT2D eigenvalue weighted by molar-refractivity contribution is -0.121. The SMILES string of the molecule is COc1cc(C)c(S(=O)(=O)N2CCCCC2COCC(=O)Nc2ccc(CCc3nc4ccccc4n3C)cc2)c(C)c1. The number of amides is 1. The summed E-state index contributed by atoms with van der Waals surface area (Å²) in [4.78, 5) is 17.7. The first-order chi connectivity index (χ1) is 20.7. The van der Waals surface area contributed by atoms with Gasteiger partial charge < -0.3 is 19.4 Å². The second-order valence-corrected chi connectivity index (χ2v) is 13.0. The number of methoxy groups -OCH3 is 1. The van der Waals surface area contributed by atoms with Crippen molar-refractivity contribution in [2.24, 2.45) is 7.05 Å². The maximum Gasteiger partial charge on any atom is 0.250 e. The molecule has 2 heterocycles. The van der Waals surface area contributed by atoms with Crippen LogP contribution in [0.5, 0.6) is 5.75 Å². The van der Waals surface area contributed by atoms with E-state index in [1.54, 1.807) is 37.4 Å².